The second-order valence-corrected chi connectivity index (χ2v) is 11.2. The average Bonchev–Trinajstić information content (AvgIpc) is 2.75. The van der Waals surface area contributed by atoms with E-state index in [0.717, 1.165) is 42.7 Å². The predicted octanol–water partition coefficient (Wildman–Crippen LogP) is 10.8. The fourth-order valence-corrected chi connectivity index (χ4v) is 3.57. The highest BCUT2D eigenvalue weighted by atomic mass is 19.1. The van der Waals surface area contributed by atoms with Gasteiger partial charge < -0.3 is 0 Å². The van der Waals surface area contributed by atoms with Crippen molar-refractivity contribution in [3.8, 4) is 0 Å². The minimum Gasteiger partial charge on any atom is -0.207 e. The van der Waals surface area contributed by atoms with Gasteiger partial charge in [-0.05, 0) is 78.4 Å². The Morgan fingerprint density at radius 3 is 1.27 bits per heavy atom. The molecule has 0 radical (unpaired) electrons. The molecule has 1 heteroatoms. The van der Waals surface area contributed by atoms with Crippen molar-refractivity contribution in [2.75, 3.05) is 0 Å². The van der Waals surface area contributed by atoms with Crippen molar-refractivity contribution in [3.05, 3.63) is 72.7 Å². The van der Waals surface area contributed by atoms with E-state index < -0.39 is 0 Å². The summed E-state index contributed by atoms with van der Waals surface area (Å²) >= 11 is 0. The minimum absolute atomic E-state index is 0.157. The Labute approximate surface area is 206 Å². The van der Waals surface area contributed by atoms with E-state index in [0.29, 0.717) is 23.3 Å². The van der Waals surface area contributed by atoms with Gasteiger partial charge in [0.2, 0.25) is 0 Å². The van der Waals surface area contributed by atoms with Crippen LogP contribution >= 0.6 is 0 Å². The normalized spacial score (nSPS) is 16.2. The van der Waals surface area contributed by atoms with Crippen molar-refractivity contribution in [1.82, 2.24) is 0 Å². The molecule has 0 bridgehead atoms. The van der Waals surface area contributed by atoms with Crippen molar-refractivity contribution in [1.29, 1.82) is 0 Å². The van der Waals surface area contributed by atoms with Crippen LogP contribution in [-0.4, -0.2) is 0 Å². The van der Waals surface area contributed by atoms with Crippen molar-refractivity contribution < 1.29 is 4.39 Å². The summed E-state index contributed by atoms with van der Waals surface area (Å²) in [5, 5.41) is 0. The van der Waals surface area contributed by atoms with Gasteiger partial charge in [0.15, 0.2) is 0 Å². The van der Waals surface area contributed by atoms with Gasteiger partial charge in [-0.25, -0.2) is 4.39 Å². The van der Waals surface area contributed by atoms with Crippen LogP contribution in [0.4, 0.5) is 4.39 Å². The number of allylic oxidation sites excluding steroid dienone is 8. The molecule has 0 saturated carbocycles. The zero-order valence-electron chi connectivity index (χ0n) is 23.1. The van der Waals surface area contributed by atoms with Crippen LogP contribution in [-0.2, 0) is 0 Å². The third-order valence-electron chi connectivity index (χ3n) is 7.01. The standard InChI is InChI=1S/C32H53F/c1-22(2)13-15-24(5)25(6)17-18-26(7)27(8)19-20-28(9)30(11)21-32(33)31(12)29(10)16-14-23(3)4/h17-18,21-24,27-29H,6-7,11-16,19-20H2,1-5,8-10H3/b18-17-,32-21+. The molecule has 0 fully saturated rings. The molecule has 0 nitrogen and oxygen atoms in total. The lowest BCUT2D eigenvalue weighted by atomic mass is 9.88. The summed E-state index contributed by atoms with van der Waals surface area (Å²) in [5.74, 6) is 2.39. The van der Waals surface area contributed by atoms with Gasteiger partial charge in [0.05, 0.1) is 0 Å². The summed E-state index contributed by atoms with van der Waals surface area (Å²) in [5.41, 5.74) is 3.73. The van der Waals surface area contributed by atoms with Gasteiger partial charge in [-0.2, -0.15) is 0 Å². The van der Waals surface area contributed by atoms with Crippen molar-refractivity contribution >= 4 is 0 Å². The van der Waals surface area contributed by atoms with Gasteiger partial charge in [-0.3, -0.25) is 0 Å². The van der Waals surface area contributed by atoms with E-state index in [-0.39, 0.29) is 17.7 Å². The quantitative estimate of drug-likeness (QED) is 0.191. The van der Waals surface area contributed by atoms with Crippen molar-refractivity contribution in [2.45, 2.75) is 93.9 Å². The van der Waals surface area contributed by atoms with Gasteiger partial charge >= 0.3 is 0 Å². The van der Waals surface area contributed by atoms with Crippen LogP contribution in [0.15, 0.2) is 72.7 Å². The zero-order valence-corrected chi connectivity index (χ0v) is 23.1. The molecule has 0 aromatic carbocycles. The Kier molecular flexibility index (Phi) is 15.3. The smallest absolute Gasteiger partial charge is 0.126 e. The highest BCUT2D eigenvalue weighted by Crippen LogP contribution is 2.29. The molecular formula is C32H53F. The van der Waals surface area contributed by atoms with Crippen LogP contribution in [0, 0.1) is 35.5 Å². The summed E-state index contributed by atoms with van der Waals surface area (Å²) in [7, 11) is 0. The van der Waals surface area contributed by atoms with Gasteiger partial charge in [0, 0.05) is 0 Å². The van der Waals surface area contributed by atoms with Crippen LogP contribution < -0.4 is 0 Å². The largest absolute Gasteiger partial charge is 0.207 e. The highest BCUT2D eigenvalue weighted by Gasteiger charge is 2.15. The molecule has 0 rings (SSSR count). The summed E-state index contributed by atoms with van der Waals surface area (Å²) in [6, 6.07) is 0. The van der Waals surface area contributed by atoms with Crippen LogP contribution in [0.1, 0.15) is 93.9 Å². The minimum atomic E-state index is -0.214. The Bertz CT molecular complexity index is 700. The maximum Gasteiger partial charge on any atom is 0.126 e. The average molecular weight is 457 g/mol. The molecule has 0 aliphatic rings. The fourth-order valence-electron chi connectivity index (χ4n) is 3.57. The molecule has 0 aliphatic carbocycles. The zero-order chi connectivity index (χ0) is 25.7. The van der Waals surface area contributed by atoms with E-state index in [2.05, 4.69) is 93.9 Å². The lowest BCUT2D eigenvalue weighted by molar-refractivity contribution is 0.477. The number of hydrogen-bond acceptors (Lipinski definition) is 0. The van der Waals surface area contributed by atoms with E-state index in [9.17, 15) is 4.39 Å². The van der Waals surface area contributed by atoms with E-state index in [1.165, 1.54) is 18.4 Å². The van der Waals surface area contributed by atoms with Crippen LogP contribution in [0.25, 0.3) is 0 Å². The molecule has 0 N–H and O–H groups in total. The topological polar surface area (TPSA) is 0 Å². The van der Waals surface area contributed by atoms with Crippen molar-refractivity contribution in [2.24, 2.45) is 35.5 Å². The molecule has 0 aromatic heterocycles. The molecular weight excluding hydrogens is 403 g/mol. The van der Waals surface area contributed by atoms with E-state index >= 15 is 0 Å². The third-order valence-corrected chi connectivity index (χ3v) is 7.01. The molecule has 0 saturated heterocycles. The molecule has 4 unspecified atom stereocenters. The van der Waals surface area contributed by atoms with Crippen LogP contribution in [0.5, 0.6) is 0 Å². The molecule has 0 amide bonds. The number of halogens is 1. The van der Waals surface area contributed by atoms with Gasteiger partial charge in [-0.15, -0.1) is 0 Å². The Morgan fingerprint density at radius 1 is 0.545 bits per heavy atom. The molecule has 0 aromatic rings. The number of hydrogen-bond donors (Lipinski definition) is 0. The van der Waals surface area contributed by atoms with E-state index in [1.807, 2.05) is 0 Å². The molecule has 4 atom stereocenters. The monoisotopic (exact) mass is 456 g/mol. The first-order valence-corrected chi connectivity index (χ1v) is 13.1. The first-order valence-electron chi connectivity index (χ1n) is 13.1. The Balaban J connectivity index is 4.65. The molecule has 0 heterocycles. The molecule has 33 heavy (non-hydrogen) atoms. The van der Waals surface area contributed by atoms with Gasteiger partial charge in [0.1, 0.15) is 5.83 Å². The van der Waals surface area contributed by atoms with Crippen LogP contribution in [0.3, 0.4) is 0 Å². The second kappa shape index (κ2) is 16.1. The number of rotatable bonds is 17. The predicted molar refractivity (Wildman–Crippen MR) is 149 cm³/mol. The second-order valence-electron chi connectivity index (χ2n) is 11.2. The summed E-state index contributed by atoms with van der Waals surface area (Å²) in [6.45, 7) is 34.2. The molecule has 0 spiro atoms. The Morgan fingerprint density at radius 2 is 0.879 bits per heavy atom. The SMILES string of the molecule is C=C(/C=C\C(=C)C(C)CCC(C)C(=C)/C=C(/F)C(=C)C(C)CCC(C)C)C(C)CCC(C)C. The maximum atomic E-state index is 14.7. The summed E-state index contributed by atoms with van der Waals surface area (Å²) in [6.07, 6.45) is 12.3. The first kappa shape index (κ1) is 31.4. The summed E-state index contributed by atoms with van der Waals surface area (Å²) in [4.78, 5) is 0. The Hall–Kier alpha value is -1.63. The maximum absolute atomic E-state index is 14.7. The van der Waals surface area contributed by atoms with Crippen molar-refractivity contribution in [3.63, 3.8) is 0 Å². The molecule has 188 valence electrons. The fraction of sp³-hybridized carbons (Fsp3) is 0.625. The highest BCUT2D eigenvalue weighted by molar-refractivity contribution is 5.32. The third kappa shape index (κ3) is 13.6. The lowest BCUT2D eigenvalue weighted by Crippen LogP contribution is -2.05. The molecule has 0 aliphatic heterocycles. The lowest BCUT2D eigenvalue weighted by Gasteiger charge is -2.18. The van der Waals surface area contributed by atoms with Gasteiger partial charge in [0.25, 0.3) is 0 Å². The van der Waals surface area contributed by atoms with Gasteiger partial charge in [-0.1, -0.05) is 118 Å². The summed E-state index contributed by atoms with van der Waals surface area (Å²) < 4.78 is 14.7. The van der Waals surface area contributed by atoms with E-state index in [4.69, 9.17) is 0 Å². The van der Waals surface area contributed by atoms with E-state index in [1.54, 1.807) is 6.08 Å². The first-order chi connectivity index (χ1) is 15.3. The van der Waals surface area contributed by atoms with Crippen LogP contribution in [0.2, 0.25) is 0 Å².